The first-order valence-corrected chi connectivity index (χ1v) is 10.4. The lowest BCUT2D eigenvalue weighted by atomic mass is 10.1. The molecule has 1 amide bonds. The smallest absolute Gasteiger partial charge is 0.251 e. The Morgan fingerprint density at radius 2 is 1.84 bits per heavy atom. The number of halogens is 1. The van der Waals surface area contributed by atoms with Crippen molar-refractivity contribution in [3.8, 4) is 22.8 Å². The van der Waals surface area contributed by atoms with Gasteiger partial charge in [0.1, 0.15) is 11.5 Å². The summed E-state index contributed by atoms with van der Waals surface area (Å²) in [7, 11) is 2.97. The largest absolute Gasteiger partial charge is 0.493 e. The van der Waals surface area contributed by atoms with Gasteiger partial charge in [0.25, 0.3) is 5.91 Å². The van der Waals surface area contributed by atoms with Crippen LogP contribution < -0.4 is 14.8 Å². The Hall–Kier alpha value is -3.85. The first-order chi connectivity index (χ1) is 15.5. The SMILES string of the molecule is COc1ccc(C(=O)NCC(=O)c2ccc(-c3csc4c(F)cccc34)nn2)cc1OC. The van der Waals surface area contributed by atoms with Gasteiger partial charge in [-0.25, -0.2) is 4.39 Å². The van der Waals surface area contributed by atoms with Gasteiger partial charge in [-0.1, -0.05) is 12.1 Å². The lowest BCUT2D eigenvalue weighted by molar-refractivity contribution is 0.0901. The van der Waals surface area contributed by atoms with Crippen LogP contribution in [-0.4, -0.2) is 42.7 Å². The van der Waals surface area contributed by atoms with Crippen molar-refractivity contribution in [3.63, 3.8) is 0 Å². The minimum absolute atomic E-state index is 0.118. The molecule has 1 N–H and O–H groups in total. The van der Waals surface area contributed by atoms with Crippen molar-refractivity contribution in [2.45, 2.75) is 0 Å². The average Bonchev–Trinajstić information content (AvgIpc) is 3.27. The highest BCUT2D eigenvalue weighted by molar-refractivity contribution is 7.17. The van der Waals surface area contributed by atoms with Crippen molar-refractivity contribution >= 4 is 33.1 Å². The Bertz CT molecular complexity index is 1300. The number of rotatable bonds is 7. The van der Waals surface area contributed by atoms with Gasteiger partial charge in [0.2, 0.25) is 5.78 Å². The third-order valence-electron chi connectivity index (χ3n) is 4.83. The molecule has 0 atom stereocenters. The van der Waals surface area contributed by atoms with Gasteiger partial charge in [-0.3, -0.25) is 9.59 Å². The van der Waals surface area contributed by atoms with Gasteiger partial charge >= 0.3 is 0 Å². The molecular weight excluding hydrogens is 433 g/mol. The van der Waals surface area contributed by atoms with Crippen LogP contribution in [0.4, 0.5) is 4.39 Å². The molecule has 32 heavy (non-hydrogen) atoms. The van der Waals surface area contributed by atoms with Crippen molar-refractivity contribution in [3.05, 3.63) is 71.0 Å². The van der Waals surface area contributed by atoms with Crippen LogP contribution in [-0.2, 0) is 0 Å². The predicted octanol–water partition coefficient (Wildman–Crippen LogP) is 4.13. The highest BCUT2D eigenvalue weighted by atomic mass is 32.1. The van der Waals surface area contributed by atoms with E-state index in [1.165, 1.54) is 43.8 Å². The standard InChI is InChI=1S/C23H18FN3O4S/c1-30-20-9-6-13(10-21(20)31-2)23(29)25-11-19(28)18-8-7-17(26-27-18)15-12-32-22-14(15)4-3-5-16(22)24/h3-10,12H,11H2,1-2H3,(H,25,29). The second kappa shape index (κ2) is 9.11. The Labute approximate surface area is 186 Å². The highest BCUT2D eigenvalue weighted by Gasteiger charge is 2.15. The zero-order valence-electron chi connectivity index (χ0n) is 17.2. The summed E-state index contributed by atoms with van der Waals surface area (Å²) in [6, 6.07) is 12.8. The molecule has 0 aliphatic carbocycles. The van der Waals surface area contributed by atoms with Crippen LogP contribution in [0.25, 0.3) is 21.3 Å². The minimum Gasteiger partial charge on any atom is -0.493 e. The molecule has 2 aromatic heterocycles. The van der Waals surface area contributed by atoms with Crippen LogP contribution in [0.1, 0.15) is 20.8 Å². The number of carbonyl (C=O) groups excluding carboxylic acids is 2. The second-order valence-corrected chi connectivity index (χ2v) is 7.62. The quantitative estimate of drug-likeness (QED) is 0.425. The van der Waals surface area contributed by atoms with E-state index in [9.17, 15) is 14.0 Å². The number of ketones is 1. The molecule has 2 heterocycles. The number of benzene rings is 2. The van der Waals surface area contributed by atoms with Crippen LogP contribution in [0.5, 0.6) is 11.5 Å². The molecule has 0 saturated heterocycles. The summed E-state index contributed by atoms with van der Waals surface area (Å²) < 4.78 is 24.8. The van der Waals surface area contributed by atoms with Crippen LogP contribution >= 0.6 is 11.3 Å². The van der Waals surface area contributed by atoms with Gasteiger partial charge < -0.3 is 14.8 Å². The lowest BCUT2D eigenvalue weighted by Gasteiger charge is -2.09. The molecule has 0 unspecified atom stereocenters. The molecular formula is C23H18FN3O4S. The van der Waals surface area contributed by atoms with Crippen molar-refractivity contribution in [1.82, 2.24) is 15.5 Å². The van der Waals surface area contributed by atoms with Crippen LogP contribution in [0.15, 0.2) is 53.9 Å². The van der Waals surface area contributed by atoms with Gasteiger partial charge in [0.15, 0.2) is 11.5 Å². The van der Waals surface area contributed by atoms with Gasteiger partial charge in [0.05, 0.1) is 31.2 Å². The second-order valence-electron chi connectivity index (χ2n) is 6.75. The maximum absolute atomic E-state index is 13.9. The maximum atomic E-state index is 13.9. The van der Waals surface area contributed by atoms with Crippen molar-refractivity contribution in [1.29, 1.82) is 0 Å². The molecule has 0 saturated carbocycles. The molecule has 0 spiro atoms. The first-order valence-electron chi connectivity index (χ1n) is 9.55. The summed E-state index contributed by atoms with van der Waals surface area (Å²) >= 11 is 1.29. The van der Waals surface area contributed by atoms with E-state index in [0.29, 0.717) is 27.5 Å². The van der Waals surface area contributed by atoms with Crippen molar-refractivity contribution in [2.24, 2.45) is 0 Å². The van der Waals surface area contributed by atoms with E-state index in [-0.39, 0.29) is 23.8 Å². The van der Waals surface area contributed by atoms with E-state index in [4.69, 9.17) is 9.47 Å². The molecule has 0 aliphatic heterocycles. The average molecular weight is 451 g/mol. The van der Waals surface area contributed by atoms with Gasteiger partial charge in [-0.05, 0) is 36.4 Å². The molecule has 0 bridgehead atoms. The highest BCUT2D eigenvalue weighted by Crippen LogP contribution is 2.34. The topological polar surface area (TPSA) is 90.4 Å². The predicted molar refractivity (Wildman–Crippen MR) is 119 cm³/mol. The Balaban J connectivity index is 1.44. The summed E-state index contributed by atoms with van der Waals surface area (Å²) in [5.41, 5.74) is 1.73. The molecule has 162 valence electrons. The summed E-state index contributed by atoms with van der Waals surface area (Å²) in [5, 5.41) is 13.2. The molecule has 2 aromatic carbocycles. The molecule has 0 fully saturated rings. The number of ether oxygens (including phenoxy) is 2. The number of carbonyl (C=O) groups is 2. The normalized spacial score (nSPS) is 10.7. The van der Waals surface area contributed by atoms with Gasteiger partial charge in [-0.2, -0.15) is 0 Å². The van der Waals surface area contributed by atoms with Gasteiger partial charge in [-0.15, -0.1) is 21.5 Å². The summed E-state index contributed by atoms with van der Waals surface area (Å²) in [6.45, 7) is -0.242. The van der Waals surface area contributed by atoms with E-state index >= 15 is 0 Å². The number of nitrogens with one attached hydrogen (secondary N) is 1. The molecule has 7 nitrogen and oxygen atoms in total. The maximum Gasteiger partial charge on any atom is 0.251 e. The number of hydrogen-bond donors (Lipinski definition) is 1. The van der Waals surface area contributed by atoms with E-state index in [2.05, 4.69) is 15.5 Å². The zero-order valence-corrected chi connectivity index (χ0v) is 18.0. The van der Waals surface area contributed by atoms with Crippen molar-refractivity contribution < 1.29 is 23.5 Å². The minimum atomic E-state index is -0.435. The third kappa shape index (κ3) is 4.15. The van der Waals surface area contributed by atoms with E-state index in [1.54, 1.807) is 24.3 Å². The molecule has 9 heteroatoms. The van der Waals surface area contributed by atoms with E-state index in [1.807, 2.05) is 11.4 Å². The lowest BCUT2D eigenvalue weighted by Crippen LogP contribution is -2.30. The van der Waals surface area contributed by atoms with E-state index < -0.39 is 5.91 Å². The molecule has 0 radical (unpaired) electrons. The van der Waals surface area contributed by atoms with Crippen LogP contribution in [0.2, 0.25) is 0 Å². The number of thiophene rings is 1. The summed E-state index contributed by atoms with van der Waals surface area (Å²) in [6.07, 6.45) is 0. The molecule has 4 aromatic rings. The fourth-order valence-electron chi connectivity index (χ4n) is 3.18. The Morgan fingerprint density at radius 3 is 2.56 bits per heavy atom. The van der Waals surface area contributed by atoms with Gasteiger partial charge in [0, 0.05) is 21.9 Å². The summed E-state index contributed by atoms with van der Waals surface area (Å²) in [5.74, 6) is -0.205. The van der Waals surface area contributed by atoms with Crippen molar-refractivity contribution in [2.75, 3.05) is 20.8 Å². The number of aromatic nitrogens is 2. The zero-order chi connectivity index (χ0) is 22.7. The molecule has 0 aliphatic rings. The monoisotopic (exact) mass is 451 g/mol. The Morgan fingerprint density at radius 1 is 1.03 bits per heavy atom. The summed E-state index contributed by atoms with van der Waals surface area (Å²) in [4.78, 5) is 24.8. The van der Waals surface area contributed by atoms with E-state index in [0.717, 1.165) is 10.9 Å². The fraction of sp³-hybridized carbons (Fsp3) is 0.130. The number of Topliss-reactive ketones (excluding diaryl/α,β-unsaturated/α-hetero) is 1. The first kappa shape index (κ1) is 21.4. The number of fused-ring (bicyclic) bond motifs is 1. The number of amides is 1. The third-order valence-corrected chi connectivity index (χ3v) is 5.84. The Kier molecular flexibility index (Phi) is 6.09. The van der Waals surface area contributed by atoms with Crippen LogP contribution in [0, 0.1) is 5.82 Å². The fourth-order valence-corrected chi connectivity index (χ4v) is 4.14. The number of methoxy groups -OCH3 is 2. The van der Waals surface area contributed by atoms with Crippen LogP contribution in [0.3, 0.4) is 0 Å². The number of nitrogens with zero attached hydrogens (tertiary/aromatic N) is 2. The number of hydrogen-bond acceptors (Lipinski definition) is 7. The molecule has 4 rings (SSSR count).